The molecule has 0 radical (unpaired) electrons. The molecule has 0 amide bonds. The molecule has 1 aromatic carbocycles. The number of nitrogens with zero attached hydrogens (tertiary/aromatic N) is 1. The van der Waals surface area contributed by atoms with Crippen molar-refractivity contribution < 1.29 is 0 Å². The highest BCUT2D eigenvalue weighted by molar-refractivity contribution is 5.54. The second-order valence-electron chi connectivity index (χ2n) is 6.08. The van der Waals surface area contributed by atoms with Gasteiger partial charge < -0.3 is 10.6 Å². The minimum Gasteiger partial charge on any atom is -0.369 e. The number of rotatable bonds is 2. The predicted octanol–water partition coefficient (Wildman–Crippen LogP) is 3.10. The highest BCUT2D eigenvalue weighted by Gasteiger charge is 2.32. The van der Waals surface area contributed by atoms with Crippen LogP contribution in [0.2, 0.25) is 0 Å². The van der Waals surface area contributed by atoms with E-state index in [4.69, 9.17) is 5.73 Å². The van der Waals surface area contributed by atoms with Crippen molar-refractivity contribution in [2.45, 2.75) is 50.5 Å². The Bertz CT molecular complexity index is 407. The number of para-hydroxylation sites is 1. The van der Waals surface area contributed by atoms with Gasteiger partial charge in [-0.15, -0.1) is 0 Å². The van der Waals surface area contributed by atoms with E-state index in [9.17, 15) is 0 Å². The van der Waals surface area contributed by atoms with Crippen molar-refractivity contribution in [3.05, 3.63) is 29.8 Å². The fraction of sp³-hybridized carbons (Fsp3) is 0.625. The van der Waals surface area contributed by atoms with Gasteiger partial charge in [-0.2, -0.15) is 0 Å². The van der Waals surface area contributed by atoms with Crippen LogP contribution in [-0.4, -0.2) is 18.6 Å². The molecule has 2 N–H and O–H groups in total. The van der Waals surface area contributed by atoms with Gasteiger partial charge in [0.2, 0.25) is 0 Å². The molecule has 1 saturated carbocycles. The number of anilines is 1. The number of fused-ring (bicyclic) bond motifs is 1. The molecule has 2 nitrogen and oxygen atoms in total. The van der Waals surface area contributed by atoms with Gasteiger partial charge in [-0.25, -0.2) is 0 Å². The standard InChI is InChI=1S/C16H24N2/c17-16(10-4-5-11-16)13-18-12-6-3-8-14-7-1-2-9-15(14)18/h1-2,7,9H,3-6,8,10-13,17H2. The van der Waals surface area contributed by atoms with E-state index in [1.54, 1.807) is 0 Å². The van der Waals surface area contributed by atoms with Crippen LogP contribution in [0.3, 0.4) is 0 Å². The normalized spacial score (nSPS) is 22.6. The van der Waals surface area contributed by atoms with Crippen molar-refractivity contribution in [1.82, 2.24) is 0 Å². The maximum Gasteiger partial charge on any atom is 0.0399 e. The number of nitrogens with two attached hydrogens (primary N) is 1. The lowest BCUT2D eigenvalue weighted by Crippen LogP contribution is -2.48. The summed E-state index contributed by atoms with van der Waals surface area (Å²) >= 11 is 0. The van der Waals surface area contributed by atoms with Crippen molar-refractivity contribution in [2.24, 2.45) is 5.73 Å². The summed E-state index contributed by atoms with van der Waals surface area (Å²) in [6, 6.07) is 8.88. The summed E-state index contributed by atoms with van der Waals surface area (Å²) in [6.45, 7) is 2.22. The van der Waals surface area contributed by atoms with E-state index in [-0.39, 0.29) is 5.54 Å². The van der Waals surface area contributed by atoms with E-state index in [1.165, 1.54) is 62.7 Å². The van der Waals surface area contributed by atoms with Gasteiger partial charge in [0.05, 0.1) is 0 Å². The molecule has 0 saturated heterocycles. The van der Waals surface area contributed by atoms with Crippen molar-refractivity contribution in [3.8, 4) is 0 Å². The molecule has 0 unspecified atom stereocenters. The number of aryl methyl sites for hydroxylation is 1. The molecule has 1 heterocycles. The third-order valence-electron chi connectivity index (χ3n) is 4.56. The third-order valence-corrected chi connectivity index (χ3v) is 4.56. The van der Waals surface area contributed by atoms with Gasteiger partial charge in [-0.1, -0.05) is 31.0 Å². The second-order valence-corrected chi connectivity index (χ2v) is 6.08. The summed E-state index contributed by atoms with van der Waals surface area (Å²) in [5.41, 5.74) is 9.57. The molecule has 0 atom stereocenters. The SMILES string of the molecule is NC1(CN2CCCCc3ccccc32)CCCC1. The van der Waals surface area contributed by atoms with E-state index in [2.05, 4.69) is 29.2 Å². The molecule has 2 aliphatic rings. The summed E-state index contributed by atoms with van der Waals surface area (Å²) < 4.78 is 0. The Hall–Kier alpha value is -1.02. The van der Waals surface area contributed by atoms with Crippen LogP contribution in [-0.2, 0) is 6.42 Å². The van der Waals surface area contributed by atoms with Crippen LogP contribution in [0.25, 0.3) is 0 Å². The van der Waals surface area contributed by atoms with Crippen LogP contribution in [0, 0.1) is 0 Å². The zero-order valence-electron chi connectivity index (χ0n) is 11.2. The smallest absolute Gasteiger partial charge is 0.0399 e. The first-order valence-corrected chi connectivity index (χ1v) is 7.39. The topological polar surface area (TPSA) is 29.3 Å². The van der Waals surface area contributed by atoms with Crippen LogP contribution >= 0.6 is 0 Å². The predicted molar refractivity (Wildman–Crippen MR) is 77.0 cm³/mol. The highest BCUT2D eigenvalue weighted by atomic mass is 15.2. The van der Waals surface area contributed by atoms with Gasteiger partial charge in [-0.3, -0.25) is 0 Å². The summed E-state index contributed by atoms with van der Waals surface area (Å²) in [5, 5.41) is 0. The monoisotopic (exact) mass is 244 g/mol. The van der Waals surface area contributed by atoms with E-state index in [1.807, 2.05) is 0 Å². The van der Waals surface area contributed by atoms with E-state index in [0.717, 1.165) is 6.54 Å². The summed E-state index contributed by atoms with van der Waals surface area (Å²) in [5.74, 6) is 0. The van der Waals surface area contributed by atoms with Crippen LogP contribution in [0.1, 0.15) is 44.1 Å². The Labute approximate surface area is 110 Å². The molecule has 18 heavy (non-hydrogen) atoms. The number of benzene rings is 1. The van der Waals surface area contributed by atoms with E-state index >= 15 is 0 Å². The van der Waals surface area contributed by atoms with Gasteiger partial charge >= 0.3 is 0 Å². The minimum atomic E-state index is 0.0669. The van der Waals surface area contributed by atoms with Crippen LogP contribution in [0.4, 0.5) is 5.69 Å². The fourth-order valence-electron chi connectivity index (χ4n) is 3.55. The Balaban J connectivity index is 1.83. The molecule has 1 aliphatic carbocycles. The lowest BCUT2D eigenvalue weighted by molar-refractivity contribution is 0.432. The first-order valence-electron chi connectivity index (χ1n) is 7.39. The highest BCUT2D eigenvalue weighted by Crippen LogP contribution is 2.32. The van der Waals surface area contributed by atoms with Gasteiger partial charge in [0.1, 0.15) is 0 Å². The summed E-state index contributed by atoms with van der Waals surface area (Å²) in [4.78, 5) is 2.55. The minimum absolute atomic E-state index is 0.0669. The molecule has 0 spiro atoms. The van der Waals surface area contributed by atoms with Crippen molar-refractivity contribution in [2.75, 3.05) is 18.0 Å². The lowest BCUT2D eigenvalue weighted by atomic mass is 9.97. The number of hydrogen-bond acceptors (Lipinski definition) is 2. The summed E-state index contributed by atoms with van der Waals surface area (Å²) in [6.07, 6.45) is 8.86. The van der Waals surface area contributed by atoms with E-state index in [0.29, 0.717) is 0 Å². The Kier molecular flexibility index (Phi) is 3.29. The molecule has 1 aromatic rings. The first-order chi connectivity index (χ1) is 8.77. The number of hydrogen-bond donors (Lipinski definition) is 1. The Morgan fingerprint density at radius 3 is 2.67 bits per heavy atom. The van der Waals surface area contributed by atoms with Gasteiger partial charge in [0, 0.05) is 24.3 Å². The second kappa shape index (κ2) is 4.93. The molecular formula is C16H24N2. The van der Waals surface area contributed by atoms with Crippen molar-refractivity contribution in [3.63, 3.8) is 0 Å². The average Bonchev–Trinajstić information content (AvgIpc) is 2.70. The maximum atomic E-state index is 6.56. The van der Waals surface area contributed by atoms with Crippen LogP contribution in [0.15, 0.2) is 24.3 Å². The largest absolute Gasteiger partial charge is 0.369 e. The van der Waals surface area contributed by atoms with Crippen molar-refractivity contribution >= 4 is 5.69 Å². The van der Waals surface area contributed by atoms with Gasteiger partial charge in [-0.05, 0) is 43.7 Å². The zero-order chi connectivity index (χ0) is 12.4. The zero-order valence-corrected chi connectivity index (χ0v) is 11.2. The van der Waals surface area contributed by atoms with Gasteiger partial charge in [0.15, 0.2) is 0 Å². The molecule has 1 fully saturated rings. The molecule has 2 heteroatoms. The quantitative estimate of drug-likeness (QED) is 0.866. The Morgan fingerprint density at radius 1 is 1.06 bits per heavy atom. The first kappa shape index (κ1) is 12.0. The third kappa shape index (κ3) is 2.39. The molecule has 98 valence electrons. The average molecular weight is 244 g/mol. The van der Waals surface area contributed by atoms with Gasteiger partial charge in [0.25, 0.3) is 0 Å². The van der Waals surface area contributed by atoms with E-state index < -0.39 is 0 Å². The lowest BCUT2D eigenvalue weighted by Gasteiger charge is -2.34. The molecule has 0 aromatic heterocycles. The molecule has 0 bridgehead atoms. The molecule has 3 rings (SSSR count). The fourth-order valence-corrected chi connectivity index (χ4v) is 3.55. The van der Waals surface area contributed by atoms with Crippen molar-refractivity contribution in [1.29, 1.82) is 0 Å². The summed E-state index contributed by atoms with van der Waals surface area (Å²) in [7, 11) is 0. The Morgan fingerprint density at radius 2 is 1.83 bits per heavy atom. The molecule has 1 aliphatic heterocycles. The van der Waals surface area contributed by atoms with Crippen LogP contribution < -0.4 is 10.6 Å². The van der Waals surface area contributed by atoms with Crippen LogP contribution in [0.5, 0.6) is 0 Å². The molecular weight excluding hydrogens is 220 g/mol. The maximum absolute atomic E-state index is 6.56.